The van der Waals surface area contributed by atoms with Gasteiger partial charge in [-0.15, -0.1) is 11.8 Å². The van der Waals surface area contributed by atoms with Crippen LogP contribution >= 0.6 is 11.8 Å². The van der Waals surface area contributed by atoms with E-state index in [1.54, 1.807) is 24.0 Å². The topological polar surface area (TPSA) is 65.9 Å². The fourth-order valence-electron chi connectivity index (χ4n) is 1.40. The number of amides is 1. The van der Waals surface area contributed by atoms with E-state index in [0.29, 0.717) is 13.1 Å². The van der Waals surface area contributed by atoms with Crippen LogP contribution in [0.4, 0.5) is 5.69 Å². The van der Waals surface area contributed by atoms with Gasteiger partial charge in [-0.2, -0.15) is 0 Å². The Morgan fingerprint density at radius 2 is 2.24 bits per heavy atom. The Labute approximate surface area is 106 Å². The molecule has 17 heavy (non-hydrogen) atoms. The second-order valence-electron chi connectivity index (χ2n) is 3.83. The number of hydrogen-bond acceptors (Lipinski definition) is 3. The summed E-state index contributed by atoms with van der Waals surface area (Å²) < 4.78 is 0. The maximum atomic E-state index is 11.6. The van der Waals surface area contributed by atoms with E-state index in [9.17, 15) is 4.79 Å². The third-order valence-corrected chi connectivity index (χ3v) is 3.01. The molecule has 0 bridgehead atoms. The lowest BCUT2D eigenvalue weighted by atomic mass is 10.3. The van der Waals surface area contributed by atoms with Crippen molar-refractivity contribution in [3.63, 3.8) is 0 Å². The van der Waals surface area contributed by atoms with E-state index in [0.717, 1.165) is 10.6 Å². The molecule has 94 valence electrons. The van der Waals surface area contributed by atoms with Gasteiger partial charge >= 0.3 is 0 Å². The SMILES string of the molecule is CSc1ccccc1NC(=O)C[NH2+]C[C@H](C)O. The molecule has 5 heteroatoms. The zero-order valence-electron chi connectivity index (χ0n) is 10.1. The van der Waals surface area contributed by atoms with Crippen molar-refractivity contribution < 1.29 is 15.2 Å². The smallest absolute Gasteiger partial charge is 0.279 e. The number of aliphatic hydroxyl groups is 1. The van der Waals surface area contributed by atoms with Gasteiger partial charge < -0.3 is 15.7 Å². The molecule has 4 nitrogen and oxygen atoms in total. The normalized spacial score (nSPS) is 12.2. The van der Waals surface area contributed by atoms with Crippen LogP contribution in [0, 0.1) is 0 Å². The molecule has 0 heterocycles. The summed E-state index contributed by atoms with van der Waals surface area (Å²) in [5.41, 5.74) is 0.843. The summed E-state index contributed by atoms with van der Waals surface area (Å²) in [7, 11) is 0. The predicted molar refractivity (Wildman–Crippen MR) is 70.2 cm³/mol. The molecule has 0 saturated carbocycles. The van der Waals surface area contributed by atoms with E-state index < -0.39 is 0 Å². The molecule has 0 aromatic heterocycles. The predicted octanol–water partition coefficient (Wildman–Crippen LogP) is 0.291. The summed E-state index contributed by atoms with van der Waals surface area (Å²) in [4.78, 5) is 12.7. The number of hydrogen-bond donors (Lipinski definition) is 3. The summed E-state index contributed by atoms with van der Waals surface area (Å²) in [6, 6.07) is 7.70. The number of anilines is 1. The summed E-state index contributed by atoms with van der Waals surface area (Å²) >= 11 is 1.60. The lowest BCUT2D eigenvalue weighted by molar-refractivity contribution is -0.649. The molecule has 0 spiro atoms. The van der Waals surface area contributed by atoms with Crippen molar-refractivity contribution in [3.05, 3.63) is 24.3 Å². The number of nitrogens with two attached hydrogens (primary N) is 1. The first kappa shape index (κ1) is 14.0. The standard InChI is InChI=1S/C12H18N2O2S/c1-9(15)7-13-8-12(16)14-10-5-3-4-6-11(10)17-2/h3-6,9,13,15H,7-8H2,1-2H3,(H,14,16)/p+1/t9-/m0/s1. The number of benzene rings is 1. The van der Waals surface area contributed by atoms with E-state index in [4.69, 9.17) is 5.11 Å². The molecule has 0 unspecified atom stereocenters. The quantitative estimate of drug-likeness (QED) is 0.640. The summed E-state index contributed by atoms with van der Waals surface area (Å²) in [5.74, 6) is -0.0489. The summed E-state index contributed by atoms with van der Waals surface area (Å²) in [5, 5.41) is 13.7. The summed E-state index contributed by atoms with van der Waals surface area (Å²) in [6.07, 6.45) is 1.59. The maximum Gasteiger partial charge on any atom is 0.279 e. The first-order valence-corrected chi connectivity index (χ1v) is 6.78. The maximum absolute atomic E-state index is 11.6. The number of carbonyl (C=O) groups is 1. The van der Waals surface area contributed by atoms with Crippen LogP contribution in [0.3, 0.4) is 0 Å². The number of aliphatic hydroxyl groups excluding tert-OH is 1. The molecule has 4 N–H and O–H groups in total. The Morgan fingerprint density at radius 3 is 2.88 bits per heavy atom. The average Bonchev–Trinajstić information content (AvgIpc) is 2.29. The highest BCUT2D eigenvalue weighted by Gasteiger charge is 2.08. The Bertz CT molecular complexity index is 369. The molecule has 0 fully saturated rings. The van der Waals surface area contributed by atoms with Crippen molar-refractivity contribution in [1.29, 1.82) is 0 Å². The molecule has 1 amide bonds. The first-order chi connectivity index (χ1) is 8.13. The molecule has 0 aliphatic carbocycles. The number of carbonyl (C=O) groups excluding carboxylic acids is 1. The second kappa shape index (κ2) is 7.32. The molecule has 1 atom stereocenters. The summed E-state index contributed by atoms with van der Waals surface area (Å²) in [6.45, 7) is 2.57. The lowest BCUT2D eigenvalue weighted by Crippen LogP contribution is -2.88. The van der Waals surface area contributed by atoms with Gasteiger partial charge in [0.1, 0.15) is 6.54 Å². The third kappa shape index (κ3) is 5.21. The lowest BCUT2D eigenvalue weighted by Gasteiger charge is -2.08. The van der Waals surface area contributed by atoms with Crippen molar-refractivity contribution in [2.75, 3.05) is 24.7 Å². The van der Waals surface area contributed by atoms with Crippen molar-refractivity contribution in [3.8, 4) is 0 Å². The van der Waals surface area contributed by atoms with Gasteiger partial charge in [-0.3, -0.25) is 4.79 Å². The Kier molecular flexibility index (Phi) is 6.04. The Morgan fingerprint density at radius 1 is 1.53 bits per heavy atom. The van der Waals surface area contributed by atoms with Crippen molar-refractivity contribution in [2.45, 2.75) is 17.9 Å². The van der Waals surface area contributed by atoms with Crippen LogP contribution in [-0.2, 0) is 4.79 Å². The second-order valence-corrected chi connectivity index (χ2v) is 4.67. The van der Waals surface area contributed by atoms with Gasteiger partial charge in [-0.05, 0) is 25.3 Å². The van der Waals surface area contributed by atoms with Crippen LogP contribution in [0.5, 0.6) is 0 Å². The van der Waals surface area contributed by atoms with Crippen LogP contribution < -0.4 is 10.6 Å². The minimum absolute atomic E-state index is 0.0489. The number of rotatable bonds is 6. The molecule has 1 rings (SSSR count). The van der Waals surface area contributed by atoms with Gasteiger partial charge in [0.05, 0.1) is 11.8 Å². The molecule has 1 aromatic carbocycles. The first-order valence-electron chi connectivity index (χ1n) is 5.56. The zero-order valence-corrected chi connectivity index (χ0v) is 11.0. The molecule has 0 aliphatic heterocycles. The minimum Gasteiger partial charge on any atom is -0.388 e. The molecule has 1 aromatic rings. The highest BCUT2D eigenvalue weighted by molar-refractivity contribution is 7.98. The van der Waals surface area contributed by atoms with Crippen LogP contribution in [0.1, 0.15) is 6.92 Å². The molecular formula is C12H19N2O2S+. The third-order valence-electron chi connectivity index (χ3n) is 2.22. The van der Waals surface area contributed by atoms with Gasteiger partial charge in [-0.1, -0.05) is 12.1 Å². The van der Waals surface area contributed by atoms with Crippen LogP contribution in [0.2, 0.25) is 0 Å². The highest BCUT2D eigenvalue weighted by atomic mass is 32.2. The van der Waals surface area contributed by atoms with Crippen LogP contribution in [0.15, 0.2) is 29.2 Å². The molecule has 0 aliphatic rings. The zero-order chi connectivity index (χ0) is 12.7. The number of quaternary nitrogens is 1. The van der Waals surface area contributed by atoms with Crippen molar-refractivity contribution >= 4 is 23.4 Å². The fourth-order valence-corrected chi connectivity index (χ4v) is 1.96. The van der Waals surface area contributed by atoms with Crippen molar-refractivity contribution in [2.24, 2.45) is 0 Å². The number of nitrogens with one attached hydrogen (secondary N) is 1. The fraction of sp³-hybridized carbons (Fsp3) is 0.417. The molecule has 0 saturated heterocycles. The average molecular weight is 255 g/mol. The van der Waals surface area contributed by atoms with E-state index in [1.807, 2.05) is 30.5 Å². The van der Waals surface area contributed by atoms with E-state index in [-0.39, 0.29) is 12.0 Å². The Balaban J connectivity index is 2.45. The van der Waals surface area contributed by atoms with Crippen molar-refractivity contribution in [1.82, 2.24) is 0 Å². The Hall–Kier alpha value is -1.04. The van der Waals surface area contributed by atoms with Crippen LogP contribution in [-0.4, -0.2) is 36.5 Å². The van der Waals surface area contributed by atoms with Gasteiger partial charge in [0.25, 0.3) is 5.91 Å². The minimum atomic E-state index is -0.388. The van der Waals surface area contributed by atoms with E-state index >= 15 is 0 Å². The van der Waals surface area contributed by atoms with Gasteiger partial charge in [0.2, 0.25) is 0 Å². The largest absolute Gasteiger partial charge is 0.388 e. The monoisotopic (exact) mass is 255 g/mol. The number of thioether (sulfide) groups is 1. The van der Waals surface area contributed by atoms with Gasteiger partial charge in [-0.25, -0.2) is 0 Å². The van der Waals surface area contributed by atoms with Gasteiger partial charge in [0, 0.05) is 4.90 Å². The molecular weight excluding hydrogens is 236 g/mol. The van der Waals surface area contributed by atoms with E-state index in [1.165, 1.54) is 0 Å². The number of para-hydroxylation sites is 1. The highest BCUT2D eigenvalue weighted by Crippen LogP contribution is 2.24. The van der Waals surface area contributed by atoms with Crippen LogP contribution in [0.25, 0.3) is 0 Å². The van der Waals surface area contributed by atoms with Gasteiger partial charge in [0.15, 0.2) is 6.54 Å². The van der Waals surface area contributed by atoms with E-state index in [2.05, 4.69) is 5.32 Å². The molecule has 0 radical (unpaired) electrons.